The van der Waals surface area contributed by atoms with Crippen molar-refractivity contribution in [2.24, 2.45) is 0 Å². The zero-order valence-corrected chi connectivity index (χ0v) is 24.0. The maximum atomic E-state index is 13.5. The molecule has 1 heterocycles. The Labute approximate surface area is 245 Å². The van der Waals surface area contributed by atoms with Gasteiger partial charge in [-0.25, -0.2) is 9.69 Å². The molecule has 3 aromatic rings. The molecule has 1 aliphatic heterocycles. The second-order valence-corrected chi connectivity index (χ2v) is 9.67. The van der Waals surface area contributed by atoms with E-state index < -0.39 is 23.8 Å². The minimum Gasteiger partial charge on any atom is -0.490 e. The normalized spacial score (nSPS) is 14.1. The van der Waals surface area contributed by atoms with Crippen molar-refractivity contribution in [3.05, 3.63) is 82.3 Å². The van der Waals surface area contributed by atoms with E-state index in [1.54, 1.807) is 55.5 Å². The number of hydrogen-bond acceptors (Lipinski definition) is 7. The first kappa shape index (κ1) is 29.3. The van der Waals surface area contributed by atoms with Crippen molar-refractivity contribution in [2.45, 2.75) is 20.3 Å². The Morgan fingerprint density at radius 3 is 2.41 bits per heavy atom. The number of barbiturate groups is 1. The van der Waals surface area contributed by atoms with E-state index in [-0.39, 0.29) is 23.6 Å². The van der Waals surface area contributed by atoms with E-state index >= 15 is 0 Å². The fraction of sp³-hybridized carbons (Fsp3) is 0.200. The molecule has 4 rings (SSSR count). The van der Waals surface area contributed by atoms with Crippen LogP contribution in [0, 0.1) is 0 Å². The number of rotatable bonds is 11. The number of amides is 5. The zero-order valence-electron chi connectivity index (χ0n) is 22.4. The van der Waals surface area contributed by atoms with Crippen molar-refractivity contribution in [2.75, 3.05) is 30.0 Å². The van der Waals surface area contributed by atoms with Gasteiger partial charge in [0.05, 0.1) is 18.9 Å². The van der Waals surface area contributed by atoms with E-state index in [4.69, 9.17) is 14.2 Å². The zero-order chi connectivity index (χ0) is 29.4. The number of nitrogens with zero attached hydrogens (tertiary/aromatic N) is 1. The lowest BCUT2D eigenvalue weighted by molar-refractivity contribution is -0.122. The number of imide groups is 2. The van der Waals surface area contributed by atoms with Crippen LogP contribution in [-0.4, -0.2) is 43.6 Å². The van der Waals surface area contributed by atoms with Crippen LogP contribution in [-0.2, 0) is 14.4 Å². The highest BCUT2D eigenvalue weighted by molar-refractivity contribution is 9.10. The number of benzene rings is 3. The molecule has 2 N–H and O–H groups in total. The van der Waals surface area contributed by atoms with Gasteiger partial charge in [0.2, 0.25) is 0 Å². The van der Waals surface area contributed by atoms with E-state index in [0.29, 0.717) is 40.4 Å². The highest BCUT2D eigenvalue weighted by Crippen LogP contribution is 2.34. The Kier molecular flexibility index (Phi) is 9.75. The lowest BCUT2D eigenvalue weighted by atomic mass is 10.1. The van der Waals surface area contributed by atoms with Gasteiger partial charge in [-0.2, -0.15) is 0 Å². The number of anilines is 2. The summed E-state index contributed by atoms with van der Waals surface area (Å²) in [5.74, 6) is -1.01. The molecule has 0 spiro atoms. The summed E-state index contributed by atoms with van der Waals surface area (Å²) < 4.78 is 17.7. The van der Waals surface area contributed by atoms with E-state index in [1.807, 2.05) is 13.0 Å². The van der Waals surface area contributed by atoms with Crippen LogP contribution in [0.3, 0.4) is 0 Å². The average molecular weight is 622 g/mol. The second kappa shape index (κ2) is 13.6. The molecule has 212 valence electrons. The summed E-state index contributed by atoms with van der Waals surface area (Å²) in [7, 11) is 0. The van der Waals surface area contributed by atoms with Crippen LogP contribution in [0.25, 0.3) is 6.08 Å². The lowest BCUT2D eigenvalue weighted by Crippen LogP contribution is -2.54. The van der Waals surface area contributed by atoms with Crippen molar-refractivity contribution < 1.29 is 33.4 Å². The average Bonchev–Trinajstić information content (AvgIpc) is 2.95. The Morgan fingerprint density at radius 2 is 1.68 bits per heavy atom. The smallest absolute Gasteiger partial charge is 0.335 e. The molecular weight excluding hydrogens is 594 g/mol. The number of urea groups is 1. The molecule has 10 nitrogen and oxygen atoms in total. The SMILES string of the molecule is CCCOc1ccc(N2C(=O)NC(=O)/C(=C\c3cc(Br)ccc3OCC(=O)Nc3ccccc3)C2=O)cc1OCC. The molecule has 0 bridgehead atoms. The van der Waals surface area contributed by atoms with Gasteiger partial charge in [0.15, 0.2) is 18.1 Å². The van der Waals surface area contributed by atoms with Gasteiger partial charge in [0, 0.05) is 21.8 Å². The quantitative estimate of drug-likeness (QED) is 0.219. The molecule has 1 fully saturated rings. The largest absolute Gasteiger partial charge is 0.490 e. The molecule has 0 unspecified atom stereocenters. The molecule has 1 aliphatic rings. The second-order valence-electron chi connectivity index (χ2n) is 8.76. The summed E-state index contributed by atoms with van der Waals surface area (Å²) in [5, 5.41) is 4.94. The number of carbonyl (C=O) groups excluding carboxylic acids is 4. The van der Waals surface area contributed by atoms with Crippen LogP contribution in [0.4, 0.5) is 16.2 Å². The van der Waals surface area contributed by atoms with E-state index in [1.165, 1.54) is 18.2 Å². The summed E-state index contributed by atoms with van der Waals surface area (Å²) in [6.45, 7) is 4.26. The first-order valence-electron chi connectivity index (χ1n) is 12.9. The third-order valence-electron chi connectivity index (χ3n) is 5.74. The topological polar surface area (TPSA) is 123 Å². The van der Waals surface area contributed by atoms with Gasteiger partial charge in [0.25, 0.3) is 17.7 Å². The molecule has 0 atom stereocenters. The molecular formula is C30H28BrN3O7. The van der Waals surface area contributed by atoms with Crippen LogP contribution in [0.1, 0.15) is 25.8 Å². The van der Waals surface area contributed by atoms with E-state index in [9.17, 15) is 19.2 Å². The summed E-state index contributed by atoms with van der Waals surface area (Å²) in [6.07, 6.45) is 2.10. The minimum absolute atomic E-state index is 0.196. The fourth-order valence-electron chi connectivity index (χ4n) is 3.91. The Balaban J connectivity index is 1.60. The first-order valence-corrected chi connectivity index (χ1v) is 13.7. The van der Waals surface area contributed by atoms with Gasteiger partial charge >= 0.3 is 6.03 Å². The minimum atomic E-state index is -0.898. The molecule has 1 saturated heterocycles. The van der Waals surface area contributed by atoms with E-state index in [2.05, 4.69) is 26.6 Å². The number of halogens is 1. The number of nitrogens with one attached hydrogen (secondary N) is 2. The van der Waals surface area contributed by atoms with Gasteiger partial charge in [-0.15, -0.1) is 0 Å². The Bertz CT molecular complexity index is 1490. The van der Waals surface area contributed by atoms with Crippen LogP contribution in [0.15, 0.2) is 76.8 Å². The van der Waals surface area contributed by atoms with Gasteiger partial charge in [-0.3, -0.25) is 19.7 Å². The van der Waals surface area contributed by atoms with Crippen molar-refractivity contribution in [1.29, 1.82) is 0 Å². The van der Waals surface area contributed by atoms with Crippen molar-refractivity contribution in [3.8, 4) is 17.2 Å². The molecule has 0 saturated carbocycles. The van der Waals surface area contributed by atoms with Crippen LogP contribution < -0.4 is 29.7 Å². The van der Waals surface area contributed by atoms with Crippen molar-refractivity contribution in [3.63, 3.8) is 0 Å². The van der Waals surface area contributed by atoms with Gasteiger partial charge < -0.3 is 19.5 Å². The summed E-state index contributed by atoms with van der Waals surface area (Å²) in [4.78, 5) is 52.4. The lowest BCUT2D eigenvalue weighted by Gasteiger charge is -2.27. The van der Waals surface area contributed by atoms with Crippen molar-refractivity contribution in [1.82, 2.24) is 5.32 Å². The molecule has 3 aromatic carbocycles. The van der Waals surface area contributed by atoms with Gasteiger partial charge in [-0.05, 0) is 61.9 Å². The van der Waals surface area contributed by atoms with E-state index in [0.717, 1.165) is 11.3 Å². The number of ether oxygens (including phenoxy) is 3. The number of para-hydroxylation sites is 1. The predicted octanol–water partition coefficient (Wildman–Crippen LogP) is 5.32. The molecule has 0 radical (unpaired) electrons. The highest BCUT2D eigenvalue weighted by atomic mass is 79.9. The van der Waals surface area contributed by atoms with Crippen LogP contribution in [0.5, 0.6) is 17.2 Å². The highest BCUT2D eigenvalue weighted by Gasteiger charge is 2.37. The standard InChI is InChI=1S/C30H28BrN3O7/c1-3-14-40-25-13-11-22(17-26(25)39-4-2)34-29(37)23(28(36)33-30(34)38)16-19-15-20(31)10-12-24(19)41-18-27(35)32-21-8-6-5-7-9-21/h5-13,15-17H,3-4,14,18H2,1-2H3,(H,32,35)(H,33,36,38)/b23-16+. The Hall–Kier alpha value is -4.64. The monoisotopic (exact) mass is 621 g/mol. The van der Waals surface area contributed by atoms with Gasteiger partial charge in [0.1, 0.15) is 11.3 Å². The summed E-state index contributed by atoms with van der Waals surface area (Å²) >= 11 is 3.38. The van der Waals surface area contributed by atoms with Gasteiger partial charge in [-0.1, -0.05) is 41.1 Å². The Morgan fingerprint density at radius 1 is 0.927 bits per heavy atom. The summed E-state index contributed by atoms with van der Waals surface area (Å²) in [5.41, 5.74) is 0.857. The van der Waals surface area contributed by atoms with Crippen molar-refractivity contribution >= 4 is 57.1 Å². The molecule has 41 heavy (non-hydrogen) atoms. The third-order valence-corrected chi connectivity index (χ3v) is 6.23. The molecule has 0 aromatic heterocycles. The van der Waals surface area contributed by atoms with Crippen LogP contribution >= 0.6 is 15.9 Å². The fourth-order valence-corrected chi connectivity index (χ4v) is 4.29. The number of hydrogen-bond donors (Lipinski definition) is 2. The maximum absolute atomic E-state index is 13.5. The van der Waals surface area contributed by atoms with Crippen LogP contribution in [0.2, 0.25) is 0 Å². The molecule has 0 aliphatic carbocycles. The third kappa shape index (κ3) is 7.31. The first-order chi connectivity index (χ1) is 19.8. The molecule has 11 heteroatoms. The summed E-state index contributed by atoms with van der Waals surface area (Å²) in [6, 6.07) is 17.6. The predicted molar refractivity (Wildman–Crippen MR) is 157 cm³/mol. The number of carbonyl (C=O) groups is 4. The molecule has 5 amide bonds. The maximum Gasteiger partial charge on any atom is 0.335 e.